The summed E-state index contributed by atoms with van der Waals surface area (Å²) in [5.41, 5.74) is 1.91. The fraction of sp³-hybridized carbons (Fsp3) is 0.167. The van der Waals surface area contributed by atoms with Gasteiger partial charge >= 0.3 is 0 Å². The van der Waals surface area contributed by atoms with E-state index in [-0.39, 0.29) is 0 Å². The van der Waals surface area contributed by atoms with Crippen molar-refractivity contribution in [2.45, 2.75) is 13.8 Å². The molecule has 0 bridgehead atoms. The third kappa shape index (κ3) is 1.53. The van der Waals surface area contributed by atoms with E-state index < -0.39 is 0 Å². The highest BCUT2D eigenvalue weighted by Crippen LogP contribution is 2.39. The molecule has 3 aromatic heterocycles. The number of thiophene rings is 1. The van der Waals surface area contributed by atoms with Gasteiger partial charge in [0.1, 0.15) is 9.98 Å². The third-order valence-corrected chi connectivity index (χ3v) is 4.90. The highest BCUT2D eigenvalue weighted by molar-refractivity contribution is 7.26. The van der Waals surface area contributed by atoms with Crippen LogP contribution < -0.4 is 0 Å². The summed E-state index contributed by atoms with van der Waals surface area (Å²) in [7, 11) is 0. The van der Waals surface area contributed by atoms with E-state index in [2.05, 4.69) is 9.97 Å². The van der Waals surface area contributed by atoms with E-state index in [4.69, 9.17) is 23.2 Å². The van der Waals surface area contributed by atoms with E-state index in [1.807, 2.05) is 19.9 Å². The monoisotopic (exact) mass is 282 g/mol. The number of hydrogen-bond donors (Lipinski definition) is 0. The van der Waals surface area contributed by atoms with Crippen LogP contribution in [-0.2, 0) is 0 Å². The van der Waals surface area contributed by atoms with E-state index in [1.54, 1.807) is 17.5 Å². The van der Waals surface area contributed by atoms with Crippen LogP contribution in [0.5, 0.6) is 0 Å². The van der Waals surface area contributed by atoms with E-state index >= 15 is 0 Å². The van der Waals surface area contributed by atoms with E-state index in [1.165, 1.54) is 0 Å². The molecule has 0 fully saturated rings. The normalized spacial score (nSPS) is 11.5. The number of fused-ring (bicyclic) bond motifs is 3. The van der Waals surface area contributed by atoms with Gasteiger partial charge < -0.3 is 0 Å². The molecular weight excluding hydrogens is 275 g/mol. The molecule has 0 N–H and O–H groups in total. The quantitative estimate of drug-likeness (QED) is 0.555. The smallest absolute Gasteiger partial charge is 0.146 e. The van der Waals surface area contributed by atoms with Crippen LogP contribution in [0.2, 0.25) is 10.2 Å². The summed E-state index contributed by atoms with van der Waals surface area (Å²) in [6.45, 7) is 3.93. The molecule has 3 rings (SSSR count). The molecule has 0 amide bonds. The Morgan fingerprint density at radius 3 is 2.76 bits per heavy atom. The van der Waals surface area contributed by atoms with Gasteiger partial charge in [0.05, 0.1) is 15.4 Å². The second-order valence-electron chi connectivity index (χ2n) is 3.90. The van der Waals surface area contributed by atoms with Gasteiger partial charge in [-0.25, -0.2) is 9.97 Å². The standard InChI is InChI=1S/C12H8Cl2N2S/c1-5-8-7-3-4-15-11(14)10(7)17-12(8)16-6(2)9(5)13/h3-4H,1-2H3. The van der Waals surface area contributed by atoms with Crippen LogP contribution in [0.4, 0.5) is 0 Å². The number of aromatic nitrogens is 2. The predicted octanol–water partition coefficient (Wildman–Crippen LogP) is 4.77. The molecule has 0 atom stereocenters. The van der Waals surface area contributed by atoms with Gasteiger partial charge in [-0.2, -0.15) is 0 Å². The topological polar surface area (TPSA) is 25.8 Å². The average molecular weight is 283 g/mol. The first-order chi connectivity index (χ1) is 8.09. The van der Waals surface area contributed by atoms with Crippen LogP contribution in [-0.4, -0.2) is 9.97 Å². The zero-order valence-corrected chi connectivity index (χ0v) is 11.5. The Bertz CT molecular complexity index is 749. The number of halogens is 2. The van der Waals surface area contributed by atoms with Gasteiger partial charge in [-0.15, -0.1) is 11.3 Å². The Morgan fingerprint density at radius 1 is 1.24 bits per heavy atom. The molecule has 0 saturated heterocycles. The summed E-state index contributed by atoms with van der Waals surface area (Å²) in [6.07, 6.45) is 1.71. The minimum absolute atomic E-state index is 0.527. The first-order valence-corrected chi connectivity index (χ1v) is 6.66. The minimum Gasteiger partial charge on any atom is -0.243 e. The van der Waals surface area contributed by atoms with Gasteiger partial charge in [-0.1, -0.05) is 23.2 Å². The summed E-state index contributed by atoms with van der Waals surface area (Å²) in [5, 5.41) is 3.42. The molecule has 86 valence electrons. The molecule has 3 aromatic rings. The molecule has 2 nitrogen and oxygen atoms in total. The van der Waals surface area contributed by atoms with Gasteiger partial charge in [0.2, 0.25) is 0 Å². The van der Waals surface area contributed by atoms with Crippen LogP contribution in [0.15, 0.2) is 12.3 Å². The van der Waals surface area contributed by atoms with Crippen molar-refractivity contribution in [1.29, 1.82) is 0 Å². The lowest BCUT2D eigenvalue weighted by Gasteiger charge is -2.03. The molecule has 0 aromatic carbocycles. The van der Waals surface area contributed by atoms with Gasteiger partial charge in [-0.05, 0) is 25.5 Å². The van der Waals surface area contributed by atoms with Crippen molar-refractivity contribution >= 4 is 54.8 Å². The molecule has 0 aliphatic heterocycles. The first-order valence-electron chi connectivity index (χ1n) is 5.09. The maximum atomic E-state index is 6.25. The molecule has 0 radical (unpaired) electrons. The first kappa shape index (κ1) is 11.2. The van der Waals surface area contributed by atoms with Crippen LogP contribution in [0.1, 0.15) is 11.3 Å². The van der Waals surface area contributed by atoms with Crippen molar-refractivity contribution < 1.29 is 0 Å². The Hall–Kier alpha value is -0.900. The van der Waals surface area contributed by atoms with Gasteiger partial charge in [0.25, 0.3) is 0 Å². The zero-order chi connectivity index (χ0) is 12.2. The lowest BCUT2D eigenvalue weighted by atomic mass is 10.1. The van der Waals surface area contributed by atoms with Crippen molar-refractivity contribution in [1.82, 2.24) is 9.97 Å². The van der Waals surface area contributed by atoms with Crippen molar-refractivity contribution in [3.05, 3.63) is 33.7 Å². The molecule has 5 heteroatoms. The maximum absolute atomic E-state index is 6.25. The van der Waals surface area contributed by atoms with Crippen molar-refractivity contribution in [2.24, 2.45) is 0 Å². The van der Waals surface area contributed by atoms with E-state index in [0.717, 1.165) is 36.6 Å². The fourth-order valence-corrected chi connectivity index (χ4v) is 3.57. The molecule has 0 aliphatic carbocycles. The SMILES string of the molecule is Cc1nc2sc3c(Cl)nccc3c2c(C)c1Cl. The molecule has 3 heterocycles. The Labute approximate surface area is 112 Å². The Balaban J connectivity index is 2.62. The number of hydrogen-bond acceptors (Lipinski definition) is 3. The summed E-state index contributed by atoms with van der Waals surface area (Å²) >= 11 is 13.9. The maximum Gasteiger partial charge on any atom is 0.146 e. The highest BCUT2D eigenvalue weighted by atomic mass is 35.5. The van der Waals surface area contributed by atoms with Crippen LogP contribution >= 0.6 is 34.5 Å². The van der Waals surface area contributed by atoms with Gasteiger partial charge in [0, 0.05) is 17.0 Å². The molecular formula is C12H8Cl2N2S. The zero-order valence-electron chi connectivity index (χ0n) is 9.21. The lowest BCUT2D eigenvalue weighted by molar-refractivity contribution is 1.25. The van der Waals surface area contributed by atoms with Crippen LogP contribution in [0.3, 0.4) is 0 Å². The molecule has 0 spiro atoms. The predicted molar refractivity (Wildman–Crippen MR) is 74.4 cm³/mol. The second-order valence-corrected chi connectivity index (χ2v) is 5.63. The van der Waals surface area contributed by atoms with Gasteiger partial charge in [-0.3, -0.25) is 0 Å². The average Bonchev–Trinajstić information content (AvgIpc) is 2.66. The highest BCUT2D eigenvalue weighted by Gasteiger charge is 2.14. The largest absolute Gasteiger partial charge is 0.243 e. The van der Waals surface area contributed by atoms with Crippen LogP contribution in [0, 0.1) is 13.8 Å². The van der Waals surface area contributed by atoms with Gasteiger partial charge in [0.15, 0.2) is 0 Å². The van der Waals surface area contributed by atoms with Crippen molar-refractivity contribution in [3.8, 4) is 0 Å². The molecule has 0 saturated carbocycles. The lowest BCUT2D eigenvalue weighted by Crippen LogP contribution is -1.87. The minimum atomic E-state index is 0.527. The van der Waals surface area contributed by atoms with E-state index in [9.17, 15) is 0 Å². The molecule has 17 heavy (non-hydrogen) atoms. The molecule has 0 aliphatic rings. The Morgan fingerprint density at radius 2 is 2.00 bits per heavy atom. The fourth-order valence-electron chi connectivity index (χ4n) is 2.00. The molecule has 0 unspecified atom stereocenters. The number of nitrogens with zero attached hydrogens (tertiary/aromatic N) is 2. The van der Waals surface area contributed by atoms with E-state index in [0.29, 0.717) is 5.15 Å². The summed E-state index contributed by atoms with van der Waals surface area (Å²) in [5.74, 6) is 0. The summed E-state index contributed by atoms with van der Waals surface area (Å²) in [6, 6.07) is 1.96. The Kier molecular flexibility index (Phi) is 2.51. The van der Waals surface area contributed by atoms with Crippen molar-refractivity contribution in [3.63, 3.8) is 0 Å². The third-order valence-electron chi connectivity index (χ3n) is 2.83. The van der Waals surface area contributed by atoms with Crippen LogP contribution in [0.25, 0.3) is 20.3 Å². The van der Waals surface area contributed by atoms with Crippen molar-refractivity contribution in [2.75, 3.05) is 0 Å². The summed E-state index contributed by atoms with van der Waals surface area (Å²) < 4.78 is 0.974. The number of pyridine rings is 2. The number of aryl methyl sites for hydroxylation is 2. The number of rotatable bonds is 0. The summed E-state index contributed by atoms with van der Waals surface area (Å²) in [4.78, 5) is 9.57. The second kappa shape index (κ2) is 3.80.